The average molecular weight is 439 g/mol. The number of fused-ring (bicyclic) bond motifs is 1. The standard InChI is InChI=1S/C23H23F2N5O2/c1-14-22(30(18-5-2-3-7-27-18)20-13-26-8-10-32-20)21-16(25)11-15(24)12-17(21)28-23(14)29-9-4-6-19(29)31/h2-3,5,7,11-12,20,26H,4,6,8-10,13H2,1H3. The number of nitrogens with zero attached hydrogens (tertiary/aromatic N) is 4. The van der Waals surface area contributed by atoms with Crippen molar-refractivity contribution in [1.29, 1.82) is 0 Å². The lowest BCUT2D eigenvalue weighted by molar-refractivity contribution is -0.117. The Bertz CT molecular complexity index is 1170. The molecule has 1 unspecified atom stereocenters. The molecule has 7 nitrogen and oxygen atoms in total. The Labute approximate surface area is 184 Å². The molecule has 2 fully saturated rings. The van der Waals surface area contributed by atoms with Gasteiger partial charge in [0.15, 0.2) is 0 Å². The van der Waals surface area contributed by atoms with Crippen LogP contribution in [0.4, 0.5) is 26.1 Å². The SMILES string of the molecule is Cc1c(N2CCCC2=O)nc2cc(F)cc(F)c2c1N(c1ccccn1)C1CNCCO1. The second-order valence-electron chi connectivity index (χ2n) is 7.93. The number of hydrogen-bond acceptors (Lipinski definition) is 6. The number of amides is 1. The van der Waals surface area contributed by atoms with Crippen molar-refractivity contribution in [3.8, 4) is 0 Å². The zero-order valence-electron chi connectivity index (χ0n) is 17.6. The Hall–Kier alpha value is -3.17. The number of nitrogens with one attached hydrogen (secondary N) is 1. The normalized spacial score (nSPS) is 19.0. The van der Waals surface area contributed by atoms with Gasteiger partial charge in [-0.05, 0) is 25.5 Å². The summed E-state index contributed by atoms with van der Waals surface area (Å²) < 4.78 is 35.5. The molecule has 1 amide bonds. The Balaban J connectivity index is 1.81. The summed E-state index contributed by atoms with van der Waals surface area (Å²) in [5, 5.41) is 3.46. The second-order valence-corrected chi connectivity index (χ2v) is 7.93. The molecule has 0 radical (unpaired) electrons. The van der Waals surface area contributed by atoms with Gasteiger partial charge in [0.1, 0.15) is 29.5 Å². The summed E-state index contributed by atoms with van der Waals surface area (Å²) in [5.41, 5.74) is 1.22. The molecule has 9 heteroatoms. The summed E-state index contributed by atoms with van der Waals surface area (Å²) in [6.45, 7) is 3.99. The molecule has 2 aliphatic rings. The van der Waals surface area contributed by atoms with Crippen LogP contribution in [-0.4, -0.2) is 48.3 Å². The van der Waals surface area contributed by atoms with Crippen LogP contribution >= 0.6 is 0 Å². The number of anilines is 3. The fraction of sp³-hybridized carbons (Fsp3) is 0.348. The van der Waals surface area contributed by atoms with E-state index in [2.05, 4.69) is 15.3 Å². The van der Waals surface area contributed by atoms with Gasteiger partial charge in [-0.15, -0.1) is 0 Å². The lowest BCUT2D eigenvalue weighted by Crippen LogP contribution is -2.48. The van der Waals surface area contributed by atoms with E-state index in [9.17, 15) is 9.18 Å². The molecule has 0 spiro atoms. The molecule has 5 rings (SSSR count). The van der Waals surface area contributed by atoms with Crippen molar-refractivity contribution >= 4 is 34.1 Å². The molecule has 166 valence electrons. The molecule has 0 bridgehead atoms. The molecule has 0 aliphatic carbocycles. The summed E-state index contributed by atoms with van der Waals surface area (Å²) >= 11 is 0. The van der Waals surface area contributed by atoms with Crippen LogP contribution in [0.15, 0.2) is 36.5 Å². The maximum atomic E-state index is 15.3. The van der Waals surface area contributed by atoms with Crippen LogP contribution < -0.4 is 15.1 Å². The van der Waals surface area contributed by atoms with E-state index in [4.69, 9.17) is 4.74 Å². The first-order valence-corrected chi connectivity index (χ1v) is 10.7. The van der Waals surface area contributed by atoms with E-state index in [-0.39, 0.29) is 16.8 Å². The van der Waals surface area contributed by atoms with Gasteiger partial charge in [-0.25, -0.2) is 18.7 Å². The minimum Gasteiger partial charge on any atom is -0.355 e. The summed E-state index contributed by atoms with van der Waals surface area (Å²) in [6.07, 6.45) is 2.31. The van der Waals surface area contributed by atoms with Gasteiger partial charge in [0.25, 0.3) is 0 Å². The third-order valence-electron chi connectivity index (χ3n) is 5.85. The fourth-order valence-electron chi connectivity index (χ4n) is 4.43. The first-order valence-electron chi connectivity index (χ1n) is 10.7. The summed E-state index contributed by atoms with van der Waals surface area (Å²) in [7, 11) is 0. The van der Waals surface area contributed by atoms with Gasteiger partial charge in [-0.3, -0.25) is 14.6 Å². The number of benzene rings is 1. The Morgan fingerprint density at radius 1 is 1.28 bits per heavy atom. The predicted molar refractivity (Wildman–Crippen MR) is 117 cm³/mol. The summed E-state index contributed by atoms with van der Waals surface area (Å²) in [4.78, 5) is 25.0. The molecule has 1 atom stereocenters. The fourth-order valence-corrected chi connectivity index (χ4v) is 4.43. The molecule has 2 saturated heterocycles. The third-order valence-corrected chi connectivity index (χ3v) is 5.85. The van der Waals surface area contributed by atoms with Crippen LogP contribution in [-0.2, 0) is 9.53 Å². The van der Waals surface area contributed by atoms with Gasteiger partial charge in [-0.2, -0.15) is 0 Å². The number of hydrogen-bond donors (Lipinski definition) is 1. The van der Waals surface area contributed by atoms with Crippen LogP contribution in [0.3, 0.4) is 0 Å². The second kappa shape index (κ2) is 8.40. The van der Waals surface area contributed by atoms with Crippen molar-refractivity contribution in [3.63, 3.8) is 0 Å². The van der Waals surface area contributed by atoms with Crippen LogP contribution in [0.25, 0.3) is 10.9 Å². The number of aromatic nitrogens is 2. The van der Waals surface area contributed by atoms with E-state index in [1.165, 1.54) is 6.07 Å². The van der Waals surface area contributed by atoms with Crippen molar-refractivity contribution in [2.45, 2.75) is 26.0 Å². The zero-order valence-corrected chi connectivity index (χ0v) is 17.6. The number of carbonyl (C=O) groups excluding carboxylic acids is 1. The summed E-state index contributed by atoms with van der Waals surface area (Å²) in [5.74, 6) is -0.544. The number of halogens is 2. The maximum Gasteiger partial charge on any atom is 0.228 e. The van der Waals surface area contributed by atoms with Crippen molar-refractivity contribution in [1.82, 2.24) is 15.3 Å². The zero-order chi connectivity index (χ0) is 22.2. The molecule has 32 heavy (non-hydrogen) atoms. The maximum absolute atomic E-state index is 15.3. The van der Waals surface area contributed by atoms with Gasteiger partial charge in [0.2, 0.25) is 5.91 Å². The Morgan fingerprint density at radius 3 is 2.84 bits per heavy atom. The van der Waals surface area contributed by atoms with Crippen LogP contribution in [0.1, 0.15) is 18.4 Å². The lowest BCUT2D eigenvalue weighted by Gasteiger charge is -2.37. The van der Waals surface area contributed by atoms with E-state index < -0.39 is 17.9 Å². The molecular formula is C23H23F2N5O2. The van der Waals surface area contributed by atoms with E-state index in [1.54, 1.807) is 24.1 Å². The molecule has 3 aromatic rings. The quantitative estimate of drug-likeness (QED) is 0.672. The van der Waals surface area contributed by atoms with E-state index in [0.717, 1.165) is 6.07 Å². The number of morpholine rings is 1. The minimum atomic E-state index is -0.727. The summed E-state index contributed by atoms with van der Waals surface area (Å²) in [6, 6.07) is 7.49. The number of ether oxygens (including phenoxy) is 1. The average Bonchev–Trinajstić information content (AvgIpc) is 3.22. The first-order chi connectivity index (χ1) is 15.5. The van der Waals surface area contributed by atoms with Gasteiger partial charge in [-0.1, -0.05) is 6.07 Å². The van der Waals surface area contributed by atoms with Gasteiger partial charge >= 0.3 is 0 Å². The number of carbonyl (C=O) groups is 1. The van der Waals surface area contributed by atoms with Crippen molar-refractivity contribution in [2.75, 3.05) is 36.0 Å². The highest BCUT2D eigenvalue weighted by atomic mass is 19.1. The van der Waals surface area contributed by atoms with Crippen molar-refractivity contribution in [2.24, 2.45) is 0 Å². The molecule has 0 saturated carbocycles. The monoisotopic (exact) mass is 439 g/mol. The number of rotatable bonds is 4. The Kier molecular flexibility index (Phi) is 5.44. The highest BCUT2D eigenvalue weighted by molar-refractivity contribution is 6.02. The van der Waals surface area contributed by atoms with Gasteiger partial charge < -0.3 is 10.1 Å². The molecular weight excluding hydrogens is 416 g/mol. The highest BCUT2D eigenvalue weighted by Crippen LogP contribution is 2.42. The number of pyridine rings is 2. The van der Waals surface area contributed by atoms with E-state index in [0.29, 0.717) is 62.0 Å². The van der Waals surface area contributed by atoms with Crippen LogP contribution in [0.2, 0.25) is 0 Å². The smallest absolute Gasteiger partial charge is 0.228 e. The minimum absolute atomic E-state index is 0.0530. The third kappa shape index (κ3) is 3.57. The lowest BCUT2D eigenvalue weighted by atomic mass is 10.1. The van der Waals surface area contributed by atoms with Crippen molar-refractivity contribution < 1.29 is 18.3 Å². The largest absolute Gasteiger partial charge is 0.355 e. The molecule has 2 aliphatic heterocycles. The molecule has 2 aromatic heterocycles. The van der Waals surface area contributed by atoms with E-state index in [1.807, 2.05) is 17.0 Å². The topological polar surface area (TPSA) is 70.6 Å². The Morgan fingerprint density at radius 2 is 2.16 bits per heavy atom. The molecule has 1 aromatic carbocycles. The van der Waals surface area contributed by atoms with Crippen molar-refractivity contribution in [3.05, 3.63) is 53.7 Å². The van der Waals surface area contributed by atoms with Crippen LogP contribution in [0, 0.1) is 18.6 Å². The van der Waals surface area contributed by atoms with E-state index >= 15 is 4.39 Å². The first kappa shape index (κ1) is 20.7. The molecule has 4 heterocycles. The molecule has 1 N–H and O–H groups in total. The highest BCUT2D eigenvalue weighted by Gasteiger charge is 2.33. The van der Waals surface area contributed by atoms with Gasteiger partial charge in [0.05, 0.1) is 23.2 Å². The predicted octanol–water partition coefficient (Wildman–Crippen LogP) is 3.43. The van der Waals surface area contributed by atoms with Crippen LogP contribution in [0.5, 0.6) is 0 Å². The van der Waals surface area contributed by atoms with Gasteiger partial charge in [0, 0.05) is 49.9 Å².